The summed E-state index contributed by atoms with van der Waals surface area (Å²) in [6.45, 7) is 0. The number of Topliss-reactive ketones (excluding diaryl/α,β-unsaturated/α-hetero) is 1. The average Bonchev–Trinajstić information content (AvgIpc) is 2.89. The first-order valence-electron chi connectivity index (χ1n) is 6.59. The second-order valence-electron chi connectivity index (χ2n) is 4.85. The number of hydrogen-bond acceptors (Lipinski definition) is 3. The van der Waals surface area contributed by atoms with Gasteiger partial charge in [-0.05, 0) is 42.7 Å². The van der Waals surface area contributed by atoms with E-state index in [1.54, 1.807) is 18.0 Å². The second-order valence-corrected chi connectivity index (χ2v) is 6.34. The predicted octanol–water partition coefficient (Wildman–Crippen LogP) is 4.13. The van der Waals surface area contributed by atoms with Gasteiger partial charge in [0.2, 0.25) is 0 Å². The van der Waals surface area contributed by atoms with Gasteiger partial charge in [-0.15, -0.1) is 11.8 Å². The van der Waals surface area contributed by atoms with E-state index in [4.69, 9.17) is 11.6 Å². The summed E-state index contributed by atoms with van der Waals surface area (Å²) in [5.41, 5.74) is 2.20. The van der Waals surface area contributed by atoms with Gasteiger partial charge in [-0.2, -0.15) is 0 Å². The van der Waals surface area contributed by atoms with Crippen LogP contribution in [0, 0.1) is 0 Å². The molecule has 0 fully saturated rings. The lowest BCUT2D eigenvalue weighted by atomic mass is 10.0. The van der Waals surface area contributed by atoms with E-state index in [9.17, 15) is 4.79 Å². The molecule has 1 atom stereocenters. The molecule has 1 unspecified atom stereocenters. The maximum Gasteiger partial charge on any atom is 0.152 e. The summed E-state index contributed by atoms with van der Waals surface area (Å²) >= 11 is 7.49. The fourth-order valence-corrected chi connectivity index (χ4v) is 3.69. The number of hydrogen-bond donors (Lipinski definition) is 0. The Morgan fingerprint density at radius 1 is 1.35 bits per heavy atom. The molecule has 0 N–H and O–H groups in total. The molecule has 3 rings (SSSR count). The van der Waals surface area contributed by atoms with Crippen molar-refractivity contribution >= 4 is 29.1 Å². The molecule has 4 heteroatoms. The molecule has 1 aromatic heterocycles. The SMILES string of the molecule is O=C(CSc1cccc(Cl)c1)C1CCc2cccnc21. The third-order valence-electron chi connectivity index (χ3n) is 3.52. The van der Waals surface area contributed by atoms with Crippen LogP contribution in [0.3, 0.4) is 0 Å². The van der Waals surface area contributed by atoms with Crippen LogP contribution in [0.5, 0.6) is 0 Å². The van der Waals surface area contributed by atoms with Gasteiger partial charge in [0.25, 0.3) is 0 Å². The molecule has 1 heterocycles. The Morgan fingerprint density at radius 2 is 2.25 bits per heavy atom. The smallest absolute Gasteiger partial charge is 0.152 e. The number of carbonyl (C=O) groups excluding carboxylic acids is 1. The molecule has 0 saturated carbocycles. The fourth-order valence-electron chi connectivity index (χ4n) is 2.54. The van der Waals surface area contributed by atoms with Crippen LogP contribution >= 0.6 is 23.4 Å². The number of rotatable bonds is 4. The summed E-state index contributed by atoms with van der Waals surface area (Å²) in [7, 11) is 0. The number of nitrogens with zero attached hydrogens (tertiary/aromatic N) is 1. The highest BCUT2D eigenvalue weighted by Crippen LogP contribution is 2.33. The van der Waals surface area contributed by atoms with Gasteiger partial charge in [-0.3, -0.25) is 9.78 Å². The van der Waals surface area contributed by atoms with Gasteiger partial charge < -0.3 is 0 Å². The summed E-state index contributed by atoms with van der Waals surface area (Å²) < 4.78 is 0. The zero-order valence-electron chi connectivity index (χ0n) is 10.9. The standard InChI is InChI=1S/C16H14ClNOS/c17-12-4-1-5-13(9-12)20-10-15(19)14-7-6-11-3-2-8-18-16(11)14/h1-5,8-9,14H,6-7,10H2. The Balaban J connectivity index is 1.66. The van der Waals surface area contributed by atoms with Crippen LogP contribution in [0.25, 0.3) is 0 Å². The van der Waals surface area contributed by atoms with Crippen molar-refractivity contribution in [3.05, 3.63) is 58.9 Å². The van der Waals surface area contributed by atoms with E-state index in [0.717, 1.165) is 23.4 Å². The number of halogens is 1. The van der Waals surface area contributed by atoms with Gasteiger partial charge in [0.05, 0.1) is 17.4 Å². The maximum atomic E-state index is 12.4. The topological polar surface area (TPSA) is 30.0 Å². The number of aromatic nitrogens is 1. The molecule has 1 aliphatic rings. The Labute approximate surface area is 127 Å². The van der Waals surface area contributed by atoms with Crippen molar-refractivity contribution in [2.75, 3.05) is 5.75 Å². The predicted molar refractivity (Wildman–Crippen MR) is 82.5 cm³/mol. The zero-order chi connectivity index (χ0) is 13.9. The van der Waals surface area contributed by atoms with E-state index < -0.39 is 0 Å². The van der Waals surface area contributed by atoms with Crippen LogP contribution in [0.2, 0.25) is 5.02 Å². The van der Waals surface area contributed by atoms with Gasteiger partial charge in [0, 0.05) is 16.1 Å². The second kappa shape index (κ2) is 5.98. The van der Waals surface area contributed by atoms with Crippen molar-refractivity contribution < 1.29 is 4.79 Å². The minimum Gasteiger partial charge on any atom is -0.298 e. The molecule has 1 aliphatic carbocycles. The molecule has 0 radical (unpaired) electrons. The van der Waals surface area contributed by atoms with Gasteiger partial charge in [0.15, 0.2) is 5.78 Å². The summed E-state index contributed by atoms with van der Waals surface area (Å²) in [6.07, 6.45) is 3.62. The first kappa shape index (κ1) is 13.7. The largest absolute Gasteiger partial charge is 0.298 e. The minimum atomic E-state index is -0.0297. The number of ketones is 1. The molecule has 102 valence electrons. The first-order chi connectivity index (χ1) is 9.74. The third kappa shape index (κ3) is 2.89. The van der Waals surface area contributed by atoms with Crippen molar-refractivity contribution in [3.63, 3.8) is 0 Å². The Morgan fingerprint density at radius 3 is 3.10 bits per heavy atom. The lowest BCUT2D eigenvalue weighted by Gasteiger charge is -2.09. The van der Waals surface area contributed by atoms with Crippen LogP contribution in [-0.4, -0.2) is 16.5 Å². The average molecular weight is 304 g/mol. The van der Waals surface area contributed by atoms with Gasteiger partial charge in [0.1, 0.15) is 0 Å². The summed E-state index contributed by atoms with van der Waals surface area (Å²) in [6, 6.07) is 11.6. The van der Waals surface area contributed by atoms with Crippen molar-refractivity contribution in [3.8, 4) is 0 Å². The van der Waals surface area contributed by atoms with Crippen LogP contribution < -0.4 is 0 Å². The lowest BCUT2D eigenvalue weighted by molar-refractivity contribution is -0.118. The van der Waals surface area contributed by atoms with Gasteiger partial charge in [-0.1, -0.05) is 23.7 Å². The first-order valence-corrected chi connectivity index (χ1v) is 7.95. The molecular weight excluding hydrogens is 290 g/mol. The Hall–Kier alpha value is -1.32. The Kier molecular flexibility index (Phi) is 4.08. The van der Waals surface area contributed by atoms with Gasteiger partial charge >= 0.3 is 0 Å². The number of benzene rings is 1. The molecule has 2 nitrogen and oxygen atoms in total. The Bertz CT molecular complexity index is 644. The molecule has 0 saturated heterocycles. The van der Waals surface area contributed by atoms with Crippen molar-refractivity contribution in [2.45, 2.75) is 23.7 Å². The fraction of sp³-hybridized carbons (Fsp3) is 0.250. The van der Waals surface area contributed by atoms with Crippen LogP contribution in [0.1, 0.15) is 23.6 Å². The molecular formula is C16H14ClNOS. The molecule has 20 heavy (non-hydrogen) atoms. The quantitative estimate of drug-likeness (QED) is 0.796. The van der Waals surface area contributed by atoms with Crippen LogP contribution in [0.4, 0.5) is 0 Å². The number of aryl methyl sites for hydroxylation is 1. The van der Waals surface area contributed by atoms with E-state index >= 15 is 0 Å². The number of thioether (sulfide) groups is 1. The number of carbonyl (C=O) groups is 1. The van der Waals surface area contributed by atoms with E-state index in [1.165, 1.54) is 5.56 Å². The number of pyridine rings is 1. The third-order valence-corrected chi connectivity index (χ3v) is 4.78. The highest BCUT2D eigenvalue weighted by atomic mass is 35.5. The number of fused-ring (bicyclic) bond motifs is 1. The molecule has 0 amide bonds. The molecule has 0 spiro atoms. The van der Waals surface area contributed by atoms with E-state index in [2.05, 4.69) is 11.1 Å². The summed E-state index contributed by atoms with van der Waals surface area (Å²) in [5, 5.41) is 0.704. The van der Waals surface area contributed by atoms with Crippen molar-refractivity contribution in [1.29, 1.82) is 0 Å². The highest BCUT2D eigenvalue weighted by molar-refractivity contribution is 8.00. The van der Waals surface area contributed by atoms with Gasteiger partial charge in [-0.25, -0.2) is 0 Å². The highest BCUT2D eigenvalue weighted by Gasteiger charge is 2.29. The van der Waals surface area contributed by atoms with Crippen LogP contribution in [-0.2, 0) is 11.2 Å². The lowest BCUT2D eigenvalue weighted by Crippen LogP contribution is -2.13. The monoisotopic (exact) mass is 303 g/mol. The minimum absolute atomic E-state index is 0.0297. The maximum absolute atomic E-state index is 12.4. The van der Waals surface area contributed by atoms with E-state index in [0.29, 0.717) is 10.8 Å². The summed E-state index contributed by atoms with van der Waals surface area (Å²) in [4.78, 5) is 17.8. The zero-order valence-corrected chi connectivity index (χ0v) is 12.5. The van der Waals surface area contributed by atoms with E-state index in [1.807, 2.05) is 30.3 Å². The molecule has 2 aromatic rings. The molecule has 1 aromatic carbocycles. The summed E-state index contributed by atoms with van der Waals surface area (Å²) in [5.74, 6) is 0.700. The van der Waals surface area contributed by atoms with E-state index in [-0.39, 0.29) is 11.7 Å². The normalized spacial score (nSPS) is 16.9. The van der Waals surface area contributed by atoms with Crippen LogP contribution in [0.15, 0.2) is 47.5 Å². The van der Waals surface area contributed by atoms with Crippen molar-refractivity contribution in [2.24, 2.45) is 0 Å². The van der Waals surface area contributed by atoms with Crippen molar-refractivity contribution in [1.82, 2.24) is 4.98 Å². The molecule has 0 bridgehead atoms. The molecule has 0 aliphatic heterocycles.